The Balaban J connectivity index is 1.88. The van der Waals surface area contributed by atoms with Crippen molar-refractivity contribution in [3.05, 3.63) is 53.7 Å². The first kappa shape index (κ1) is 17.2. The van der Waals surface area contributed by atoms with Gasteiger partial charge in [-0.25, -0.2) is 4.98 Å². The number of hydrogen-bond acceptors (Lipinski definition) is 5. The molecule has 0 aliphatic carbocycles. The molecule has 1 fully saturated rings. The Bertz CT molecular complexity index is 730. The first-order chi connectivity index (χ1) is 12.1. The summed E-state index contributed by atoms with van der Waals surface area (Å²) in [5, 5.41) is 3.37. The van der Waals surface area contributed by atoms with E-state index in [9.17, 15) is 4.79 Å². The molecule has 2 aromatic rings. The van der Waals surface area contributed by atoms with Crippen molar-refractivity contribution in [3.63, 3.8) is 0 Å². The fourth-order valence-corrected chi connectivity index (χ4v) is 3.11. The number of piperazine rings is 1. The molecule has 1 unspecified atom stereocenters. The number of methoxy groups -OCH3 is 1. The van der Waals surface area contributed by atoms with E-state index in [0.29, 0.717) is 18.7 Å². The lowest BCUT2D eigenvalue weighted by Gasteiger charge is -2.37. The Morgan fingerprint density at radius 1 is 1.28 bits per heavy atom. The monoisotopic (exact) mass is 340 g/mol. The van der Waals surface area contributed by atoms with Crippen LogP contribution < -0.4 is 15.0 Å². The third kappa shape index (κ3) is 3.58. The van der Waals surface area contributed by atoms with Crippen LogP contribution in [0.15, 0.2) is 42.6 Å². The Morgan fingerprint density at radius 2 is 2.08 bits per heavy atom. The molecule has 3 rings (SSSR count). The van der Waals surface area contributed by atoms with Crippen LogP contribution in [-0.2, 0) is 0 Å². The van der Waals surface area contributed by atoms with Crippen LogP contribution in [0.25, 0.3) is 0 Å². The third-order valence-corrected chi connectivity index (χ3v) is 4.46. The molecular weight excluding hydrogens is 316 g/mol. The number of ether oxygens (including phenoxy) is 1. The molecule has 6 nitrogen and oxygen atoms in total. The lowest BCUT2D eigenvalue weighted by molar-refractivity contribution is 0.0631. The quantitative estimate of drug-likeness (QED) is 0.922. The fraction of sp³-hybridized carbons (Fsp3) is 0.368. The molecule has 6 heteroatoms. The van der Waals surface area contributed by atoms with Gasteiger partial charge >= 0.3 is 0 Å². The summed E-state index contributed by atoms with van der Waals surface area (Å²) in [7, 11) is 5.51. The average molecular weight is 340 g/mol. The summed E-state index contributed by atoms with van der Waals surface area (Å²) >= 11 is 0. The molecule has 1 aromatic heterocycles. The molecule has 1 aromatic carbocycles. The van der Waals surface area contributed by atoms with E-state index in [2.05, 4.69) is 10.3 Å². The molecule has 1 aliphatic rings. The second-order valence-electron chi connectivity index (χ2n) is 6.26. The van der Waals surface area contributed by atoms with Crippen LogP contribution in [0.5, 0.6) is 5.75 Å². The van der Waals surface area contributed by atoms with Gasteiger partial charge in [-0.15, -0.1) is 0 Å². The second-order valence-corrected chi connectivity index (χ2v) is 6.26. The zero-order chi connectivity index (χ0) is 17.8. The van der Waals surface area contributed by atoms with Crippen LogP contribution in [0, 0.1) is 0 Å². The fourth-order valence-electron chi connectivity index (χ4n) is 3.11. The van der Waals surface area contributed by atoms with Gasteiger partial charge in [-0.1, -0.05) is 18.2 Å². The highest BCUT2D eigenvalue weighted by Gasteiger charge is 2.30. The number of amides is 1. The second kappa shape index (κ2) is 7.53. The van der Waals surface area contributed by atoms with E-state index in [0.717, 1.165) is 23.7 Å². The van der Waals surface area contributed by atoms with Gasteiger partial charge in [0.1, 0.15) is 11.6 Å². The number of para-hydroxylation sites is 1. The van der Waals surface area contributed by atoms with Gasteiger partial charge in [0.25, 0.3) is 5.91 Å². The standard InChI is InChI=1S/C19H24N4O2/c1-22(2)18-9-8-14(12-21-18)19(24)23-11-10-20-13-16(23)15-6-4-5-7-17(15)25-3/h4-9,12,16,20H,10-11,13H2,1-3H3. The Kier molecular flexibility index (Phi) is 5.19. The van der Waals surface area contributed by atoms with Crippen molar-refractivity contribution in [2.45, 2.75) is 6.04 Å². The number of nitrogens with zero attached hydrogens (tertiary/aromatic N) is 3. The highest BCUT2D eigenvalue weighted by molar-refractivity contribution is 5.94. The number of anilines is 1. The van der Waals surface area contributed by atoms with Gasteiger partial charge in [0.15, 0.2) is 0 Å². The highest BCUT2D eigenvalue weighted by Crippen LogP contribution is 2.31. The van der Waals surface area contributed by atoms with E-state index in [1.54, 1.807) is 13.3 Å². The number of benzene rings is 1. The highest BCUT2D eigenvalue weighted by atomic mass is 16.5. The molecule has 1 aliphatic heterocycles. The SMILES string of the molecule is COc1ccccc1C1CNCCN1C(=O)c1ccc(N(C)C)nc1. The minimum Gasteiger partial charge on any atom is -0.496 e. The van der Waals surface area contributed by atoms with Gasteiger partial charge < -0.3 is 19.9 Å². The van der Waals surface area contributed by atoms with E-state index < -0.39 is 0 Å². The van der Waals surface area contributed by atoms with E-state index >= 15 is 0 Å². The van der Waals surface area contributed by atoms with Crippen molar-refractivity contribution in [2.24, 2.45) is 0 Å². The van der Waals surface area contributed by atoms with Crippen molar-refractivity contribution in [1.82, 2.24) is 15.2 Å². The molecule has 1 amide bonds. The van der Waals surface area contributed by atoms with Gasteiger partial charge in [-0.05, 0) is 18.2 Å². The van der Waals surface area contributed by atoms with Crippen molar-refractivity contribution in [3.8, 4) is 5.75 Å². The molecule has 0 spiro atoms. The average Bonchev–Trinajstić information content (AvgIpc) is 2.67. The van der Waals surface area contributed by atoms with Gasteiger partial charge in [-0.2, -0.15) is 0 Å². The van der Waals surface area contributed by atoms with Crippen molar-refractivity contribution in [2.75, 3.05) is 45.7 Å². The largest absolute Gasteiger partial charge is 0.496 e. The van der Waals surface area contributed by atoms with Crippen molar-refractivity contribution >= 4 is 11.7 Å². The van der Waals surface area contributed by atoms with Crippen LogP contribution in [0.1, 0.15) is 22.0 Å². The Hall–Kier alpha value is -2.60. The molecule has 0 saturated carbocycles. The summed E-state index contributed by atoms with van der Waals surface area (Å²) < 4.78 is 5.49. The van der Waals surface area contributed by atoms with Gasteiger partial charge in [0, 0.05) is 45.5 Å². The summed E-state index contributed by atoms with van der Waals surface area (Å²) in [5.74, 6) is 1.63. The third-order valence-electron chi connectivity index (χ3n) is 4.46. The van der Waals surface area contributed by atoms with Gasteiger partial charge in [-0.3, -0.25) is 4.79 Å². The number of carbonyl (C=O) groups is 1. The molecule has 25 heavy (non-hydrogen) atoms. The summed E-state index contributed by atoms with van der Waals surface area (Å²) in [5.41, 5.74) is 1.62. The maximum absolute atomic E-state index is 13.1. The first-order valence-corrected chi connectivity index (χ1v) is 8.40. The molecule has 0 radical (unpaired) electrons. The predicted molar refractivity (Wildman–Crippen MR) is 98.2 cm³/mol. The van der Waals surface area contributed by atoms with E-state index in [4.69, 9.17) is 4.74 Å². The summed E-state index contributed by atoms with van der Waals surface area (Å²) in [6, 6.07) is 11.5. The van der Waals surface area contributed by atoms with Crippen molar-refractivity contribution in [1.29, 1.82) is 0 Å². The number of nitrogens with one attached hydrogen (secondary N) is 1. The van der Waals surface area contributed by atoms with Crippen LogP contribution in [0.3, 0.4) is 0 Å². The molecule has 132 valence electrons. The van der Waals surface area contributed by atoms with Gasteiger partial charge in [0.05, 0.1) is 18.7 Å². The van der Waals surface area contributed by atoms with Crippen LogP contribution in [-0.4, -0.2) is 56.6 Å². The summed E-state index contributed by atoms with van der Waals surface area (Å²) in [6.45, 7) is 2.13. The number of hydrogen-bond donors (Lipinski definition) is 1. The van der Waals surface area contributed by atoms with E-state index in [1.165, 1.54) is 0 Å². The minimum atomic E-state index is -0.0640. The predicted octanol–water partition coefficient (Wildman–Crippen LogP) is 1.94. The minimum absolute atomic E-state index is 0.00443. The Labute approximate surface area is 148 Å². The number of rotatable bonds is 4. The lowest BCUT2D eigenvalue weighted by Crippen LogP contribution is -2.48. The maximum Gasteiger partial charge on any atom is 0.256 e. The molecule has 2 heterocycles. The summed E-state index contributed by atoms with van der Waals surface area (Å²) in [4.78, 5) is 21.2. The number of carbonyl (C=O) groups excluding carboxylic acids is 1. The number of pyridine rings is 1. The molecule has 1 saturated heterocycles. The topological polar surface area (TPSA) is 57.7 Å². The molecule has 1 atom stereocenters. The van der Waals surface area contributed by atoms with Crippen LogP contribution in [0.4, 0.5) is 5.82 Å². The number of aromatic nitrogens is 1. The van der Waals surface area contributed by atoms with E-state index in [-0.39, 0.29) is 11.9 Å². The van der Waals surface area contributed by atoms with Crippen LogP contribution >= 0.6 is 0 Å². The normalized spacial score (nSPS) is 17.2. The zero-order valence-electron chi connectivity index (χ0n) is 14.9. The maximum atomic E-state index is 13.1. The Morgan fingerprint density at radius 3 is 2.76 bits per heavy atom. The van der Waals surface area contributed by atoms with Crippen molar-refractivity contribution < 1.29 is 9.53 Å². The van der Waals surface area contributed by atoms with Crippen LogP contribution in [0.2, 0.25) is 0 Å². The van der Waals surface area contributed by atoms with E-state index in [1.807, 2.05) is 60.3 Å². The summed E-state index contributed by atoms with van der Waals surface area (Å²) in [6.07, 6.45) is 1.65. The first-order valence-electron chi connectivity index (χ1n) is 8.40. The lowest BCUT2D eigenvalue weighted by atomic mass is 10.0. The van der Waals surface area contributed by atoms with Gasteiger partial charge in [0.2, 0.25) is 0 Å². The molecule has 1 N–H and O–H groups in total. The smallest absolute Gasteiger partial charge is 0.256 e. The molecular formula is C19H24N4O2. The zero-order valence-corrected chi connectivity index (χ0v) is 14.9. The molecule has 0 bridgehead atoms.